The maximum atomic E-state index is 12.7. The number of nitrogens with one attached hydrogen (secondary N) is 3. The van der Waals surface area contributed by atoms with E-state index in [2.05, 4.69) is 30.9 Å². The van der Waals surface area contributed by atoms with E-state index in [0.717, 1.165) is 11.3 Å². The molecule has 0 radical (unpaired) electrons. The van der Waals surface area contributed by atoms with Crippen LogP contribution in [0, 0.1) is 0 Å². The summed E-state index contributed by atoms with van der Waals surface area (Å²) in [6.45, 7) is 2.02. The zero-order valence-corrected chi connectivity index (χ0v) is 20.2. The van der Waals surface area contributed by atoms with Gasteiger partial charge in [-0.15, -0.1) is 11.3 Å². The molecule has 1 aromatic heterocycles. The Bertz CT molecular complexity index is 1120. The molecule has 2 saturated heterocycles. The van der Waals surface area contributed by atoms with Crippen LogP contribution in [0.2, 0.25) is 0 Å². The van der Waals surface area contributed by atoms with Crippen molar-refractivity contribution in [3.05, 3.63) is 11.1 Å². The second-order valence-electron chi connectivity index (χ2n) is 7.10. The van der Waals surface area contributed by atoms with Gasteiger partial charge in [-0.2, -0.15) is 8.42 Å². The van der Waals surface area contributed by atoms with Gasteiger partial charge in [-0.25, -0.2) is 9.29 Å². The smallest absolute Gasteiger partial charge is 0.362 e. The number of aromatic nitrogens is 1. The van der Waals surface area contributed by atoms with Gasteiger partial charge in [0, 0.05) is 31.6 Å². The van der Waals surface area contributed by atoms with E-state index >= 15 is 0 Å². The summed E-state index contributed by atoms with van der Waals surface area (Å²) < 4.78 is 32.9. The second kappa shape index (κ2) is 10.5. The van der Waals surface area contributed by atoms with Crippen LogP contribution in [0.15, 0.2) is 10.5 Å². The van der Waals surface area contributed by atoms with E-state index in [1.807, 2.05) is 4.90 Å². The molecular formula is C16H22N8O7S3. The third-order valence-electron chi connectivity index (χ3n) is 4.91. The number of thiocarbonyl (C=S) groups is 1. The molecular weight excluding hydrogens is 512 g/mol. The number of amides is 3. The van der Waals surface area contributed by atoms with Crippen molar-refractivity contribution in [2.75, 3.05) is 39.0 Å². The minimum atomic E-state index is -4.96. The fourth-order valence-corrected chi connectivity index (χ4v) is 5.09. The fourth-order valence-electron chi connectivity index (χ4n) is 3.38. The maximum Gasteiger partial charge on any atom is 0.362 e. The number of carbonyl (C=O) groups excluding carboxylic acids is 3. The lowest BCUT2D eigenvalue weighted by Gasteiger charge is -2.43. The molecule has 0 aromatic carbocycles. The SMILES string of the molecule is CO/N=C(\C(=O)N[C@@H]1C(=O)N(S(=O)(=O)O)[C@H]1CC(=O)NCCN1CCNC1=S)c1csc(N)n1. The van der Waals surface area contributed by atoms with Gasteiger partial charge in [0.15, 0.2) is 16.0 Å². The third-order valence-corrected chi connectivity index (χ3v) is 6.93. The van der Waals surface area contributed by atoms with E-state index in [1.54, 1.807) is 0 Å². The minimum Gasteiger partial charge on any atom is -0.398 e. The summed E-state index contributed by atoms with van der Waals surface area (Å²) in [5.41, 5.74) is 5.33. The molecule has 18 heteroatoms. The van der Waals surface area contributed by atoms with Crippen LogP contribution >= 0.6 is 23.6 Å². The molecule has 0 spiro atoms. The van der Waals surface area contributed by atoms with Gasteiger partial charge in [-0.1, -0.05) is 5.16 Å². The van der Waals surface area contributed by atoms with E-state index in [0.29, 0.717) is 24.7 Å². The molecule has 2 aliphatic rings. The first-order valence-electron chi connectivity index (χ1n) is 9.76. The number of rotatable bonds is 10. The van der Waals surface area contributed by atoms with Crippen LogP contribution in [0.5, 0.6) is 0 Å². The second-order valence-corrected chi connectivity index (χ2v) is 9.66. The van der Waals surface area contributed by atoms with Gasteiger partial charge in [0.25, 0.3) is 11.8 Å². The number of thiazole rings is 1. The van der Waals surface area contributed by atoms with Crippen molar-refractivity contribution < 1.29 is 32.2 Å². The Labute approximate surface area is 203 Å². The molecule has 1 aromatic rings. The monoisotopic (exact) mass is 534 g/mol. The van der Waals surface area contributed by atoms with Crippen LogP contribution < -0.4 is 21.7 Å². The summed E-state index contributed by atoms with van der Waals surface area (Å²) in [6.07, 6.45) is -0.500. The van der Waals surface area contributed by atoms with Gasteiger partial charge < -0.3 is 31.4 Å². The van der Waals surface area contributed by atoms with Gasteiger partial charge in [-0.3, -0.25) is 18.9 Å². The molecule has 186 valence electrons. The van der Waals surface area contributed by atoms with E-state index < -0.39 is 46.5 Å². The molecule has 0 aliphatic carbocycles. The van der Waals surface area contributed by atoms with Crippen LogP contribution in [0.1, 0.15) is 12.1 Å². The van der Waals surface area contributed by atoms with Crippen molar-refractivity contribution in [1.29, 1.82) is 0 Å². The third kappa shape index (κ3) is 5.69. The molecule has 34 heavy (non-hydrogen) atoms. The minimum absolute atomic E-state index is 0.0730. The van der Waals surface area contributed by atoms with E-state index in [-0.39, 0.29) is 27.4 Å². The summed E-state index contributed by atoms with van der Waals surface area (Å²) in [6, 6.07) is -2.78. The Morgan fingerprint density at radius 2 is 2.24 bits per heavy atom. The van der Waals surface area contributed by atoms with Crippen LogP contribution in [0.25, 0.3) is 0 Å². The predicted molar refractivity (Wildman–Crippen MR) is 124 cm³/mol. The van der Waals surface area contributed by atoms with E-state index in [9.17, 15) is 27.4 Å². The van der Waals surface area contributed by atoms with Crippen molar-refractivity contribution in [2.45, 2.75) is 18.5 Å². The molecule has 3 heterocycles. The Kier molecular flexibility index (Phi) is 7.85. The van der Waals surface area contributed by atoms with Gasteiger partial charge in [-0.05, 0) is 12.2 Å². The average molecular weight is 535 g/mol. The summed E-state index contributed by atoms with van der Waals surface area (Å²) in [4.78, 5) is 47.9. The van der Waals surface area contributed by atoms with Crippen molar-refractivity contribution in [1.82, 2.24) is 30.1 Å². The number of oxime groups is 1. The summed E-state index contributed by atoms with van der Waals surface area (Å²) in [5, 5.41) is 13.6. The number of β-lactam (4-membered cyclic amide) rings is 1. The summed E-state index contributed by atoms with van der Waals surface area (Å²) in [5.74, 6) is -2.63. The van der Waals surface area contributed by atoms with Crippen LogP contribution in [-0.4, -0.2) is 101 Å². The lowest BCUT2D eigenvalue weighted by molar-refractivity contribution is -0.146. The normalized spacial score (nSPS) is 20.6. The number of carbonyl (C=O) groups is 3. The fraction of sp³-hybridized carbons (Fsp3) is 0.500. The standard InChI is InChI=1S/C16H22N8O7S3/c1-31-22-11(8-7-33-15(17)20-8)13(26)21-12-9(24(14(12)27)34(28,29)30)6-10(25)18-2-4-23-5-3-19-16(23)32/h7,9,12H,2-6H2,1H3,(H2,17,20)(H,18,25)(H,19,32)(H,21,26)(H,28,29,30)/b22-11-/t9-,12-/m0/s1. The average Bonchev–Trinajstić information content (AvgIpc) is 3.36. The highest BCUT2D eigenvalue weighted by Crippen LogP contribution is 2.26. The van der Waals surface area contributed by atoms with E-state index in [1.165, 1.54) is 12.5 Å². The molecule has 15 nitrogen and oxygen atoms in total. The molecule has 0 saturated carbocycles. The molecule has 2 fully saturated rings. The van der Waals surface area contributed by atoms with Gasteiger partial charge >= 0.3 is 10.3 Å². The number of hydrogen-bond donors (Lipinski definition) is 5. The van der Waals surface area contributed by atoms with Crippen molar-refractivity contribution >= 4 is 67.5 Å². The zero-order chi connectivity index (χ0) is 25.0. The topological polar surface area (TPSA) is 209 Å². The molecule has 3 rings (SSSR count). The van der Waals surface area contributed by atoms with Crippen LogP contribution in [0.3, 0.4) is 0 Å². The number of anilines is 1. The Hall–Kier alpha value is -3.09. The van der Waals surface area contributed by atoms with Crippen molar-refractivity contribution in [2.24, 2.45) is 5.16 Å². The van der Waals surface area contributed by atoms with Crippen LogP contribution in [-0.2, 0) is 29.5 Å². The predicted octanol–water partition coefficient (Wildman–Crippen LogP) is -2.73. The maximum absolute atomic E-state index is 12.7. The number of hydrogen-bond acceptors (Lipinski definition) is 11. The van der Waals surface area contributed by atoms with Crippen molar-refractivity contribution in [3.8, 4) is 0 Å². The zero-order valence-electron chi connectivity index (χ0n) is 17.8. The number of nitrogens with zero attached hydrogens (tertiary/aromatic N) is 4. The lowest BCUT2D eigenvalue weighted by atomic mass is 9.94. The molecule has 3 amide bonds. The molecule has 2 atom stereocenters. The number of nitrogen functional groups attached to an aromatic ring is 1. The summed E-state index contributed by atoms with van der Waals surface area (Å²) >= 11 is 6.15. The van der Waals surface area contributed by atoms with Gasteiger partial charge in [0.05, 0.1) is 12.5 Å². The van der Waals surface area contributed by atoms with Gasteiger partial charge in [0.1, 0.15) is 18.8 Å². The molecule has 0 unspecified atom stereocenters. The summed E-state index contributed by atoms with van der Waals surface area (Å²) in [7, 11) is -3.77. The first-order valence-corrected chi connectivity index (χ1v) is 12.4. The quantitative estimate of drug-likeness (QED) is 0.0681. The Balaban J connectivity index is 1.67. The Morgan fingerprint density at radius 3 is 2.79 bits per heavy atom. The largest absolute Gasteiger partial charge is 0.398 e. The highest BCUT2D eigenvalue weighted by Gasteiger charge is 2.54. The van der Waals surface area contributed by atoms with E-state index in [4.69, 9.17) is 18.0 Å². The molecule has 0 bridgehead atoms. The van der Waals surface area contributed by atoms with Crippen LogP contribution in [0.4, 0.5) is 5.13 Å². The first-order chi connectivity index (χ1) is 16.0. The Morgan fingerprint density at radius 1 is 1.50 bits per heavy atom. The first kappa shape index (κ1) is 25.5. The molecule has 6 N–H and O–H groups in total. The van der Waals surface area contributed by atoms with Gasteiger partial charge in [0.2, 0.25) is 5.91 Å². The highest BCUT2D eigenvalue weighted by atomic mass is 32.2. The number of nitrogens with two attached hydrogens (primary N) is 1. The molecule has 2 aliphatic heterocycles. The highest BCUT2D eigenvalue weighted by molar-refractivity contribution is 7.84. The van der Waals surface area contributed by atoms with Crippen molar-refractivity contribution in [3.63, 3.8) is 0 Å². The lowest BCUT2D eigenvalue weighted by Crippen LogP contribution is -2.73.